The Hall–Kier alpha value is -0.580. The van der Waals surface area contributed by atoms with Gasteiger partial charge in [-0.3, -0.25) is 4.79 Å². The van der Waals surface area contributed by atoms with E-state index in [4.69, 9.17) is 0 Å². The van der Waals surface area contributed by atoms with Crippen LogP contribution in [0.2, 0.25) is 0 Å². The van der Waals surface area contributed by atoms with E-state index in [2.05, 4.69) is 34.8 Å². The van der Waals surface area contributed by atoms with Crippen LogP contribution in [0.1, 0.15) is 54.9 Å². The van der Waals surface area contributed by atoms with Gasteiger partial charge in [0.2, 0.25) is 0 Å². The summed E-state index contributed by atoms with van der Waals surface area (Å²) in [6.07, 6.45) is 6.11. The van der Waals surface area contributed by atoms with Crippen molar-refractivity contribution in [3.05, 3.63) is 32.9 Å². The molecule has 2 unspecified atom stereocenters. The molecule has 1 N–H and O–H groups in total. The Kier molecular flexibility index (Phi) is 5.25. The Morgan fingerprint density at radius 2 is 2.11 bits per heavy atom. The molecule has 0 radical (unpaired) electrons. The van der Waals surface area contributed by atoms with Crippen LogP contribution in [0, 0.1) is 16.4 Å². The topological polar surface area (TPSA) is 29.1 Å². The van der Waals surface area contributed by atoms with Crippen LogP contribution in [0.3, 0.4) is 0 Å². The number of hydrogen-bond acceptors (Lipinski definition) is 1. The summed E-state index contributed by atoms with van der Waals surface area (Å²) < 4.78 is 1.07. The van der Waals surface area contributed by atoms with Crippen molar-refractivity contribution in [3.8, 4) is 0 Å². The van der Waals surface area contributed by atoms with Crippen LogP contribution in [0.5, 0.6) is 0 Å². The normalized spacial score (nSPS) is 23.1. The number of rotatable bonds is 3. The Balaban J connectivity index is 2.09. The van der Waals surface area contributed by atoms with Crippen LogP contribution in [0.15, 0.2) is 18.2 Å². The van der Waals surface area contributed by atoms with Gasteiger partial charge in [0.15, 0.2) is 0 Å². The van der Waals surface area contributed by atoms with Crippen molar-refractivity contribution in [2.45, 2.75) is 52.0 Å². The molecule has 3 heteroatoms. The number of hydrogen-bond donors (Lipinski definition) is 1. The molecule has 0 spiro atoms. The van der Waals surface area contributed by atoms with Gasteiger partial charge in [-0.25, -0.2) is 0 Å². The zero-order valence-corrected chi connectivity index (χ0v) is 13.9. The van der Waals surface area contributed by atoms with E-state index in [1.165, 1.54) is 24.8 Å². The maximum atomic E-state index is 12.4. The number of carbonyl (C=O) groups is 1. The molecule has 1 fully saturated rings. The number of halogens is 1. The van der Waals surface area contributed by atoms with Crippen LogP contribution < -0.4 is 5.32 Å². The van der Waals surface area contributed by atoms with Gasteiger partial charge >= 0.3 is 0 Å². The summed E-state index contributed by atoms with van der Waals surface area (Å²) in [5.74, 6) is 0.749. The summed E-state index contributed by atoms with van der Waals surface area (Å²) in [7, 11) is 0. The van der Waals surface area contributed by atoms with E-state index in [0.717, 1.165) is 22.0 Å². The molecule has 1 aromatic rings. The summed E-state index contributed by atoms with van der Waals surface area (Å²) in [4.78, 5) is 12.4. The molecule has 2 rings (SSSR count). The van der Waals surface area contributed by atoms with Crippen molar-refractivity contribution in [3.63, 3.8) is 0 Å². The third-order valence-corrected chi connectivity index (χ3v) is 5.62. The summed E-state index contributed by atoms with van der Waals surface area (Å²) >= 11 is 2.27. The van der Waals surface area contributed by atoms with Gasteiger partial charge in [-0.05, 0) is 59.9 Å². The number of amides is 1. The summed E-state index contributed by atoms with van der Waals surface area (Å²) in [5.41, 5.74) is 1.99. The fourth-order valence-corrected chi connectivity index (χ4v) is 3.56. The molecule has 2 atom stereocenters. The zero-order valence-electron chi connectivity index (χ0n) is 11.7. The molecule has 0 saturated heterocycles. The number of benzene rings is 1. The van der Waals surface area contributed by atoms with Crippen molar-refractivity contribution in [2.24, 2.45) is 5.92 Å². The highest BCUT2D eigenvalue weighted by molar-refractivity contribution is 14.1. The molecule has 1 aromatic carbocycles. The van der Waals surface area contributed by atoms with Gasteiger partial charge in [-0.1, -0.05) is 38.3 Å². The van der Waals surface area contributed by atoms with E-state index < -0.39 is 0 Å². The maximum Gasteiger partial charge on any atom is 0.252 e. The quantitative estimate of drug-likeness (QED) is 0.789. The fourth-order valence-electron chi connectivity index (χ4n) is 2.96. The molecule has 0 aliphatic heterocycles. The first-order valence-corrected chi connectivity index (χ1v) is 8.27. The summed E-state index contributed by atoms with van der Waals surface area (Å²) in [5, 5.41) is 3.26. The Morgan fingerprint density at radius 1 is 1.37 bits per heavy atom. The molecule has 0 aromatic heterocycles. The minimum Gasteiger partial charge on any atom is -0.349 e. The van der Waals surface area contributed by atoms with Crippen molar-refractivity contribution >= 4 is 28.5 Å². The second-order valence-electron chi connectivity index (χ2n) is 5.47. The fraction of sp³-hybridized carbons (Fsp3) is 0.562. The number of nitrogens with one attached hydrogen (secondary N) is 1. The van der Waals surface area contributed by atoms with Gasteiger partial charge in [-0.2, -0.15) is 0 Å². The van der Waals surface area contributed by atoms with Gasteiger partial charge in [0.25, 0.3) is 5.91 Å². The van der Waals surface area contributed by atoms with Gasteiger partial charge in [0.1, 0.15) is 0 Å². The Bertz CT molecular complexity index is 458. The van der Waals surface area contributed by atoms with Gasteiger partial charge in [0, 0.05) is 9.61 Å². The van der Waals surface area contributed by atoms with E-state index in [1.807, 2.05) is 25.1 Å². The molecule has 1 aliphatic rings. The van der Waals surface area contributed by atoms with E-state index in [1.54, 1.807) is 0 Å². The van der Waals surface area contributed by atoms with Gasteiger partial charge < -0.3 is 5.32 Å². The molecule has 0 heterocycles. The average molecular weight is 371 g/mol. The first kappa shape index (κ1) is 14.8. The molecule has 1 aliphatic carbocycles. The first-order chi connectivity index (χ1) is 9.13. The van der Waals surface area contributed by atoms with Crippen LogP contribution >= 0.6 is 22.6 Å². The van der Waals surface area contributed by atoms with Gasteiger partial charge in [0.05, 0.1) is 5.56 Å². The SMILES string of the molecule is CCC1CCCCC1NC(=O)c1cccc(C)c1I. The lowest BCUT2D eigenvalue weighted by molar-refractivity contribution is 0.0903. The maximum absolute atomic E-state index is 12.4. The minimum absolute atomic E-state index is 0.0958. The highest BCUT2D eigenvalue weighted by Gasteiger charge is 2.25. The van der Waals surface area contributed by atoms with E-state index in [0.29, 0.717) is 12.0 Å². The monoisotopic (exact) mass is 371 g/mol. The largest absolute Gasteiger partial charge is 0.349 e. The highest BCUT2D eigenvalue weighted by Crippen LogP contribution is 2.27. The number of aryl methyl sites for hydroxylation is 1. The van der Waals surface area contributed by atoms with E-state index in [9.17, 15) is 4.79 Å². The smallest absolute Gasteiger partial charge is 0.252 e. The standard InChI is InChI=1S/C16H22INO/c1-3-12-8-4-5-10-14(12)18-16(19)13-9-6-7-11(2)15(13)17/h6-7,9,12,14H,3-5,8,10H2,1-2H3,(H,18,19). The van der Waals surface area contributed by atoms with E-state index >= 15 is 0 Å². The van der Waals surface area contributed by atoms with Crippen LogP contribution in [0.4, 0.5) is 0 Å². The molecule has 2 nitrogen and oxygen atoms in total. The van der Waals surface area contributed by atoms with Crippen molar-refractivity contribution in [1.82, 2.24) is 5.32 Å². The third kappa shape index (κ3) is 3.50. The van der Waals surface area contributed by atoms with Crippen molar-refractivity contribution in [1.29, 1.82) is 0 Å². The molecular formula is C16H22INO. The lowest BCUT2D eigenvalue weighted by atomic mass is 9.83. The van der Waals surface area contributed by atoms with Crippen molar-refractivity contribution in [2.75, 3.05) is 0 Å². The molecule has 104 valence electrons. The predicted molar refractivity (Wildman–Crippen MR) is 87.4 cm³/mol. The van der Waals surface area contributed by atoms with Crippen LogP contribution in [-0.4, -0.2) is 11.9 Å². The summed E-state index contributed by atoms with van der Waals surface area (Å²) in [6.45, 7) is 4.28. The molecule has 1 saturated carbocycles. The molecule has 19 heavy (non-hydrogen) atoms. The Morgan fingerprint density at radius 3 is 2.84 bits per heavy atom. The van der Waals surface area contributed by atoms with Crippen molar-refractivity contribution < 1.29 is 4.79 Å². The van der Waals surface area contributed by atoms with Gasteiger partial charge in [-0.15, -0.1) is 0 Å². The number of carbonyl (C=O) groups excluding carboxylic acids is 1. The van der Waals surface area contributed by atoms with Crippen LogP contribution in [-0.2, 0) is 0 Å². The lowest BCUT2D eigenvalue weighted by Gasteiger charge is -2.31. The first-order valence-electron chi connectivity index (χ1n) is 7.19. The van der Waals surface area contributed by atoms with E-state index in [-0.39, 0.29) is 5.91 Å². The van der Waals surface area contributed by atoms with Crippen LogP contribution in [0.25, 0.3) is 0 Å². The highest BCUT2D eigenvalue weighted by atomic mass is 127. The second kappa shape index (κ2) is 6.73. The molecule has 0 bridgehead atoms. The third-order valence-electron chi connectivity index (χ3n) is 4.19. The Labute approximate surface area is 129 Å². The lowest BCUT2D eigenvalue weighted by Crippen LogP contribution is -2.42. The molecule has 1 amide bonds. The minimum atomic E-state index is 0.0958. The predicted octanol–water partition coefficient (Wildman–Crippen LogP) is 4.30. The zero-order chi connectivity index (χ0) is 13.8. The molecular weight excluding hydrogens is 349 g/mol. The average Bonchev–Trinajstić information content (AvgIpc) is 2.42. The summed E-state index contributed by atoms with van der Waals surface area (Å²) in [6, 6.07) is 6.30. The second-order valence-corrected chi connectivity index (χ2v) is 6.55.